The molecule has 4 N–H and O–H groups in total. The molecule has 0 unspecified atom stereocenters. The van der Waals surface area contributed by atoms with E-state index in [0.717, 1.165) is 0 Å². The van der Waals surface area contributed by atoms with Gasteiger partial charge in [-0.25, -0.2) is 0 Å². The first kappa shape index (κ1) is 9.03. The van der Waals surface area contributed by atoms with Crippen molar-refractivity contribution >= 4 is 17.5 Å². The zero-order valence-electron chi connectivity index (χ0n) is 6.38. The molecule has 0 saturated carbocycles. The zero-order chi connectivity index (χ0) is 9.14. The summed E-state index contributed by atoms with van der Waals surface area (Å²) in [5.74, 6) is -0.480. The first-order chi connectivity index (χ1) is 5.65. The van der Waals surface area contributed by atoms with Crippen LogP contribution in [0.1, 0.15) is 15.9 Å². The largest absolute Gasteiger partial charge is 0.366 e. The third-order valence-corrected chi connectivity index (χ3v) is 1.79. The number of amides is 1. The molecular formula is C8H9ClN2O. The Labute approximate surface area is 75.3 Å². The van der Waals surface area contributed by atoms with E-state index in [1.165, 1.54) is 0 Å². The van der Waals surface area contributed by atoms with Crippen LogP contribution in [0, 0.1) is 0 Å². The molecule has 12 heavy (non-hydrogen) atoms. The Kier molecular flexibility index (Phi) is 2.68. The fraction of sp³-hybridized carbons (Fsp3) is 0.125. The molecule has 0 radical (unpaired) electrons. The Morgan fingerprint density at radius 2 is 2.17 bits per heavy atom. The number of halogens is 1. The summed E-state index contributed by atoms with van der Waals surface area (Å²) in [5.41, 5.74) is 11.6. The van der Waals surface area contributed by atoms with Crippen molar-refractivity contribution in [1.29, 1.82) is 0 Å². The van der Waals surface area contributed by atoms with Crippen molar-refractivity contribution < 1.29 is 4.79 Å². The minimum absolute atomic E-state index is 0.263. The van der Waals surface area contributed by atoms with E-state index >= 15 is 0 Å². The second-order valence-electron chi connectivity index (χ2n) is 2.37. The average Bonchev–Trinajstić information content (AvgIpc) is 2.03. The molecule has 0 aliphatic carbocycles. The van der Waals surface area contributed by atoms with E-state index in [1.54, 1.807) is 18.2 Å². The minimum atomic E-state index is -0.480. The van der Waals surface area contributed by atoms with E-state index < -0.39 is 5.91 Å². The monoisotopic (exact) mass is 184 g/mol. The number of carbonyl (C=O) groups excluding carboxylic acids is 1. The molecule has 0 saturated heterocycles. The first-order valence-corrected chi connectivity index (χ1v) is 3.81. The first-order valence-electron chi connectivity index (χ1n) is 3.43. The van der Waals surface area contributed by atoms with Crippen molar-refractivity contribution in [2.24, 2.45) is 11.5 Å². The fourth-order valence-corrected chi connectivity index (χ4v) is 1.17. The maximum absolute atomic E-state index is 10.8. The second kappa shape index (κ2) is 3.56. The maximum atomic E-state index is 10.8. The van der Waals surface area contributed by atoms with Crippen molar-refractivity contribution in [1.82, 2.24) is 0 Å². The maximum Gasteiger partial charge on any atom is 0.249 e. The number of rotatable bonds is 2. The topological polar surface area (TPSA) is 69.1 Å². The quantitative estimate of drug-likeness (QED) is 0.717. The molecule has 0 aromatic heterocycles. The normalized spacial score (nSPS) is 9.83. The van der Waals surface area contributed by atoms with Gasteiger partial charge in [0.2, 0.25) is 5.91 Å². The summed E-state index contributed by atoms with van der Waals surface area (Å²) >= 11 is 5.69. The smallest absolute Gasteiger partial charge is 0.249 e. The summed E-state index contributed by atoms with van der Waals surface area (Å²) in [6, 6.07) is 4.83. The van der Waals surface area contributed by atoms with Gasteiger partial charge in [0.15, 0.2) is 0 Å². The van der Waals surface area contributed by atoms with E-state index in [1.807, 2.05) is 0 Å². The number of hydrogen-bond acceptors (Lipinski definition) is 2. The highest BCUT2D eigenvalue weighted by atomic mass is 35.5. The molecule has 0 heterocycles. The zero-order valence-corrected chi connectivity index (χ0v) is 7.14. The summed E-state index contributed by atoms with van der Waals surface area (Å²) in [6.45, 7) is 0.263. The number of carbonyl (C=O) groups is 1. The highest BCUT2D eigenvalue weighted by Gasteiger charge is 2.06. The van der Waals surface area contributed by atoms with E-state index in [4.69, 9.17) is 23.1 Å². The van der Waals surface area contributed by atoms with Crippen molar-refractivity contribution in [2.45, 2.75) is 6.54 Å². The molecule has 0 spiro atoms. The molecule has 0 aliphatic rings. The van der Waals surface area contributed by atoms with Crippen molar-refractivity contribution in [2.75, 3.05) is 0 Å². The van der Waals surface area contributed by atoms with E-state index in [0.29, 0.717) is 16.1 Å². The third-order valence-electron chi connectivity index (χ3n) is 1.55. The Bertz CT molecular complexity index is 312. The van der Waals surface area contributed by atoms with Crippen LogP contribution in [0.5, 0.6) is 0 Å². The predicted octanol–water partition coefficient (Wildman–Crippen LogP) is 0.898. The third kappa shape index (κ3) is 1.75. The van der Waals surface area contributed by atoms with Crippen LogP contribution in [0.4, 0.5) is 0 Å². The lowest BCUT2D eigenvalue weighted by molar-refractivity contribution is 0.0999. The van der Waals surface area contributed by atoms with Crippen LogP contribution in [-0.2, 0) is 6.54 Å². The summed E-state index contributed by atoms with van der Waals surface area (Å²) in [6.07, 6.45) is 0. The predicted molar refractivity (Wildman–Crippen MR) is 47.9 cm³/mol. The standard InChI is InChI=1S/C8H9ClN2O/c9-6-1-2-7(8(11)12)5(3-6)4-10/h1-3H,4,10H2,(H2,11,12). The van der Waals surface area contributed by atoms with Crippen LogP contribution in [0.3, 0.4) is 0 Å². The van der Waals surface area contributed by atoms with Crippen LogP contribution in [0.25, 0.3) is 0 Å². The van der Waals surface area contributed by atoms with Gasteiger partial charge in [0.25, 0.3) is 0 Å². The summed E-state index contributed by atoms with van der Waals surface area (Å²) in [4.78, 5) is 10.8. The molecule has 3 nitrogen and oxygen atoms in total. The van der Waals surface area contributed by atoms with Crippen LogP contribution in [0.15, 0.2) is 18.2 Å². The summed E-state index contributed by atoms with van der Waals surface area (Å²) in [5, 5.41) is 0.556. The highest BCUT2D eigenvalue weighted by molar-refractivity contribution is 6.30. The van der Waals surface area contributed by atoms with Gasteiger partial charge >= 0.3 is 0 Å². The fourth-order valence-electron chi connectivity index (χ4n) is 0.972. The molecule has 0 fully saturated rings. The average molecular weight is 185 g/mol. The number of hydrogen-bond donors (Lipinski definition) is 2. The van der Waals surface area contributed by atoms with Gasteiger partial charge in [0, 0.05) is 17.1 Å². The van der Waals surface area contributed by atoms with E-state index in [9.17, 15) is 4.79 Å². The van der Waals surface area contributed by atoms with Crippen molar-refractivity contribution in [3.8, 4) is 0 Å². The van der Waals surface area contributed by atoms with Crippen LogP contribution >= 0.6 is 11.6 Å². The van der Waals surface area contributed by atoms with Gasteiger partial charge in [-0.1, -0.05) is 11.6 Å². The van der Waals surface area contributed by atoms with Gasteiger partial charge in [-0.15, -0.1) is 0 Å². The van der Waals surface area contributed by atoms with Gasteiger partial charge in [0.1, 0.15) is 0 Å². The number of benzene rings is 1. The minimum Gasteiger partial charge on any atom is -0.366 e. The Hall–Kier alpha value is -1.06. The highest BCUT2D eigenvalue weighted by Crippen LogP contribution is 2.14. The Balaban J connectivity index is 3.20. The van der Waals surface area contributed by atoms with Gasteiger partial charge in [-0.2, -0.15) is 0 Å². The molecule has 1 amide bonds. The molecule has 1 aromatic rings. The van der Waals surface area contributed by atoms with Crippen LogP contribution < -0.4 is 11.5 Å². The molecule has 0 atom stereocenters. The molecule has 0 bridgehead atoms. The lowest BCUT2D eigenvalue weighted by Gasteiger charge is -2.03. The Morgan fingerprint density at radius 1 is 1.50 bits per heavy atom. The lowest BCUT2D eigenvalue weighted by Crippen LogP contribution is -2.15. The lowest BCUT2D eigenvalue weighted by atomic mass is 10.1. The second-order valence-corrected chi connectivity index (χ2v) is 2.81. The Morgan fingerprint density at radius 3 is 2.67 bits per heavy atom. The molecule has 1 aromatic carbocycles. The van der Waals surface area contributed by atoms with Gasteiger partial charge < -0.3 is 11.5 Å². The van der Waals surface area contributed by atoms with Crippen molar-refractivity contribution in [3.63, 3.8) is 0 Å². The van der Waals surface area contributed by atoms with E-state index in [-0.39, 0.29) is 6.54 Å². The van der Waals surface area contributed by atoms with Gasteiger partial charge in [0.05, 0.1) is 0 Å². The van der Waals surface area contributed by atoms with Gasteiger partial charge in [-0.3, -0.25) is 4.79 Å². The summed E-state index contributed by atoms with van der Waals surface area (Å²) < 4.78 is 0. The SMILES string of the molecule is NCc1cc(Cl)ccc1C(N)=O. The molecule has 0 aliphatic heterocycles. The van der Waals surface area contributed by atoms with Crippen LogP contribution in [0.2, 0.25) is 5.02 Å². The molecular weight excluding hydrogens is 176 g/mol. The van der Waals surface area contributed by atoms with Crippen molar-refractivity contribution in [3.05, 3.63) is 34.3 Å². The van der Waals surface area contributed by atoms with Crippen LogP contribution in [-0.4, -0.2) is 5.91 Å². The number of primary amides is 1. The molecule has 64 valence electrons. The van der Waals surface area contributed by atoms with E-state index in [2.05, 4.69) is 0 Å². The van der Waals surface area contributed by atoms with Gasteiger partial charge in [-0.05, 0) is 23.8 Å². The number of nitrogens with two attached hydrogens (primary N) is 2. The summed E-state index contributed by atoms with van der Waals surface area (Å²) in [7, 11) is 0. The molecule has 4 heteroatoms. The molecule has 1 rings (SSSR count).